The third kappa shape index (κ3) is 2.11. The van der Waals surface area contributed by atoms with Crippen LogP contribution in [-0.4, -0.2) is 35.6 Å². The van der Waals surface area contributed by atoms with Gasteiger partial charge in [0.05, 0.1) is 0 Å². The number of likely N-dealkylation sites (N-methyl/N-ethyl adjacent to an activating group) is 1. The van der Waals surface area contributed by atoms with Crippen LogP contribution < -0.4 is 5.32 Å². The first kappa shape index (κ1) is 8.78. The number of aromatic nitrogens is 1. The Morgan fingerprint density at radius 1 is 1.46 bits per heavy atom. The van der Waals surface area contributed by atoms with Crippen molar-refractivity contribution >= 4 is 0 Å². The molecule has 13 heavy (non-hydrogen) atoms. The molecule has 3 heteroatoms. The Morgan fingerprint density at radius 2 is 2.23 bits per heavy atom. The normalized spacial score (nSPS) is 18.9. The Morgan fingerprint density at radius 3 is 2.77 bits per heavy atom. The maximum atomic E-state index is 3.52. The fourth-order valence-electron chi connectivity index (χ4n) is 1.76. The highest BCUT2D eigenvalue weighted by molar-refractivity contribution is 5.09. The predicted octanol–water partition coefficient (Wildman–Crippen LogP) is 0.429. The minimum Gasteiger partial charge on any atom is -0.357 e. The molecule has 0 spiro atoms. The highest BCUT2D eigenvalue weighted by atomic mass is 15.2. The molecule has 3 nitrogen and oxygen atoms in total. The molecule has 0 saturated carbocycles. The van der Waals surface area contributed by atoms with Crippen LogP contribution in [0.2, 0.25) is 0 Å². The van der Waals surface area contributed by atoms with Crippen LogP contribution in [0.15, 0.2) is 18.5 Å². The maximum absolute atomic E-state index is 3.52. The fourth-order valence-corrected chi connectivity index (χ4v) is 1.76. The van der Waals surface area contributed by atoms with E-state index in [1.807, 2.05) is 0 Å². The zero-order valence-electron chi connectivity index (χ0n) is 8.33. The van der Waals surface area contributed by atoms with Gasteiger partial charge in [0.25, 0.3) is 0 Å². The van der Waals surface area contributed by atoms with Crippen molar-refractivity contribution in [3.63, 3.8) is 0 Å². The molecule has 1 saturated heterocycles. The summed E-state index contributed by atoms with van der Waals surface area (Å²) in [5.41, 5.74) is 1.37. The molecule has 1 aliphatic heterocycles. The zero-order valence-corrected chi connectivity index (χ0v) is 8.33. The van der Waals surface area contributed by atoms with Crippen LogP contribution >= 0.6 is 0 Å². The van der Waals surface area contributed by atoms with E-state index < -0.39 is 0 Å². The van der Waals surface area contributed by atoms with E-state index in [0.29, 0.717) is 6.04 Å². The van der Waals surface area contributed by atoms with Gasteiger partial charge in [-0.1, -0.05) is 0 Å². The second-order valence-electron chi connectivity index (χ2n) is 3.98. The van der Waals surface area contributed by atoms with Gasteiger partial charge in [-0.3, -0.25) is 0 Å². The largest absolute Gasteiger partial charge is 0.357 e. The molecule has 72 valence electrons. The van der Waals surface area contributed by atoms with E-state index in [-0.39, 0.29) is 0 Å². The van der Waals surface area contributed by atoms with Crippen LogP contribution in [0.4, 0.5) is 0 Å². The molecule has 0 radical (unpaired) electrons. The molecule has 2 heterocycles. The third-order valence-corrected chi connectivity index (χ3v) is 2.55. The first-order chi connectivity index (χ1) is 6.24. The molecule has 1 aliphatic rings. The topological polar surface area (TPSA) is 20.2 Å². The molecule has 1 aromatic heterocycles. The molecular formula is C10H17N3. The van der Waals surface area contributed by atoms with Gasteiger partial charge in [0.15, 0.2) is 0 Å². The second-order valence-corrected chi connectivity index (χ2v) is 3.98. The molecule has 0 amide bonds. The van der Waals surface area contributed by atoms with Crippen LogP contribution in [-0.2, 0) is 13.6 Å². The lowest BCUT2D eigenvalue weighted by Gasteiger charge is -2.36. The van der Waals surface area contributed by atoms with Gasteiger partial charge in [0.2, 0.25) is 0 Å². The van der Waals surface area contributed by atoms with Gasteiger partial charge in [-0.05, 0) is 18.7 Å². The van der Waals surface area contributed by atoms with Crippen molar-refractivity contribution in [3.8, 4) is 0 Å². The summed E-state index contributed by atoms with van der Waals surface area (Å²) >= 11 is 0. The van der Waals surface area contributed by atoms with E-state index in [1.165, 1.54) is 18.7 Å². The quantitative estimate of drug-likeness (QED) is 0.726. The van der Waals surface area contributed by atoms with Gasteiger partial charge in [-0.25, -0.2) is 0 Å². The summed E-state index contributed by atoms with van der Waals surface area (Å²) in [7, 11) is 4.21. The molecule has 1 fully saturated rings. The molecule has 1 aromatic rings. The van der Waals surface area contributed by atoms with Crippen molar-refractivity contribution < 1.29 is 0 Å². The van der Waals surface area contributed by atoms with Crippen LogP contribution in [0.3, 0.4) is 0 Å². The smallest absolute Gasteiger partial charge is 0.0325 e. The first-order valence-electron chi connectivity index (χ1n) is 4.77. The van der Waals surface area contributed by atoms with Crippen LogP contribution in [0.25, 0.3) is 0 Å². The summed E-state index contributed by atoms with van der Waals surface area (Å²) in [5, 5.41) is 3.52. The summed E-state index contributed by atoms with van der Waals surface area (Å²) in [4.78, 5) is 2.32. The van der Waals surface area contributed by atoms with Crippen molar-refractivity contribution in [1.82, 2.24) is 14.8 Å². The molecule has 0 aromatic carbocycles. The Hall–Kier alpha value is -0.800. The van der Waals surface area contributed by atoms with E-state index in [2.05, 4.69) is 47.3 Å². The summed E-state index contributed by atoms with van der Waals surface area (Å²) in [6.45, 7) is 3.37. The summed E-state index contributed by atoms with van der Waals surface area (Å²) in [6.07, 6.45) is 4.25. The summed E-state index contributed by atoms with van der Waals surface area (Å²) in [6, 6.07) is 2.86. The van der Waals surface area contributed by atoms with E-state index >= 15 is 0 Å². The van der Waals surface area contributed by atoms with Crippen LogP contribution in [0, 0.1) is 0 Å². The van der Waals surface area contributed by atoms with Gasteiger partial charge in [-0.15, -0.1) is 0 Å². The highest BCUT2D eigenvalue weighted by Gasteiger charge is 2.21. The van der Waals surface area contributed by atoms with E-state index in [4.69, 9.17) is 0 Å². The molecule has 0 unspecified atom stereocenters. The lowest BCUT2D eigenvalue weighted by Crippen LogP contribution is -2.55. The molecule has 0 bridgehead atoms. The lowest BCUT2D eigenvalue weighted by molar-refractivity contribution is 0.161. The second kappa shape index (κ2) is 3.52. The van der Waals surface area contributed by atoms with Gasteiger partial charge >= 0.3 is 0 Å². The lowest BCUT2D eigenvalue weighted by atomic mass is 10.1. The highest BCUT2D eigenvalue weighted by Crippen LogP contribution is 2.05. The van der Waals surface area contributed by atoms with Gasteiger partial charge in [0, 0.05) is 45.1 Å². The van der Waals surface area contributed by atoms with Crippen LogP contribution in [0.1, 0.15) is 5.56 Å². The number of hydrogen-bond acceptors (Lipinski definition) is 2. The SMILES string of the molecule is CN1CC(NCc2ccn(C)c2)C1. The average molecular weight is 179 g/mol. The van der Waals surface area contributed by atoms with Gasteiger partial charge in [-0.2, -0.15) is 0 Å². The van der Waals surface area contributed by atoms with Gasteiger partial charge < -0.3 is 14.8 Å². The zero-order chi connectivity index (χ0) is 9.26. The number of rotatable bonds is 3. The average Bonchev–Trinajstić information content (AvgIpc) is 2.43. The third-order valence-electron chi connectivity index (χ3n) is 2.55. The fraction of sp³-hybridized carbons (Fsp3) is 0.600. The molecule has 0 atom stereocenters. The number of hydrogen-bond donors (Lipinski definition) is 1. The summed E-state index contributed by atoms with van der Waals surface area (Å²) in [5.74, 6) is 0. The minimum absolute atomic E-state index is 0.699. The van der Waals surface area contributed by atoms with Crippen molar-refractivity contribution in [1.29, 1.82) is 0 Å². The number of likely N-dealkylation sites (tertiary alicyclic amines) is 1. The molecular weight excluding hydrogens is 162 g/mol. The van der Waals surface area contributed by atoms with Crippen molar-refractivity contribution in [3.05, 3.63) is 24.0 Å². The Kier molecular flexibility index (Phi) is 2.38. The van der Waals surface area contributed by atoms with Gasteiger partial charge in [0.1, 0.15) is 0 Å². The van der Waals surface area contributed by atoms with Crippen molar-refractivity contribution in [2.24, 2.45) is 7.05 Å². The maximum Gasteiger partial charge on any atom is 0.0325 e. The van der Waals surface area contributed by atoms with E-state index in [9.17, 15) is 0 Å². The number of nitrogens with one attached hydrogen (secondary N) is 1. The number of nitrogens with zero attached hydrogens (tertiary/aromatic N) is 2. The Bertz CT molecular complexity index is 273. The first-order valence-corrected chi connectivity index (χ1v) is 4.77. The molecule has 2 rings (SSSR count). The van der Waals surface area contributed by atoms with Crippen molar-refractivity contribution in [2.45, 2.75) is 12.6 Å². The minimum atomic E-state index is 0.699. The van der Waals surface area contributed by atoms with Crippen molar-refractivity contribution in [2.75, 3.05) is 20.1 Å². The Labute approximate surface area is 79.3 Å². The number of aryl methyl sites for hydroxylation is 1. The molecule has 1 N–H and O–H groups in total. The Balaban J connectivity index is 1.74. The predicted molar refractivity (Wildman–Crippen MR) is 53.5 cm³/mol. The summed E-state index contributed by atoms with van der Waals surface area (Å²) < 4.78 is 2.09. The van der Waals surface area contributed by atoms with E-state index in [0.717, 1.165) is 6.54 Å². The monoisotopic (exact) mass is 179 g/mol. The van der Waals surface area contributed by atoms with E-state index in [1.54, 1.807) is 0 Å². The van der Waals surface area contributed by atoms with Crippen LogP contribution in [0.5, 0.6) is 0 Å². The molecule has 0 aliphatic carbocycles. The standard InChI is InChI=1S/C10H17N3/c1-12-4-3-9(6-12)5-11-10-7-13(2)8-10/h3-4,6,10-11H,5,7-8H2,1-2H3.